The summed E-state index contributed by atoms with van der Waals surface area (Å²) >= 11 is 6.77. The van der Waals surface area contributed by atoms with Crippen molar-refractivity contribution in [2.24, 2.45) is 10.8 Å². The van der Waals surface area contributed by atoms with E-state index in [0.717, 1.165) is 16.3 Å². The van der Waals surface area contributed by atoms with Gasteiger partial charge in [0.25, 0.3) is 5.91 Å². The van der Waals surface area contributed by atoms with Crippen LogP contribution in [0.4, 0.5) is 0 Å². The van der Waals surface area contributed by atoms with Crippen molar-refractivity contribution in [3.63, 3.8) is 0 Å². The highest BCUT2D eigenvalue weighted by Gasteiger charge is 2.33. The van der Waals surface area contributed by atoms with Crippen LogP contribution < -0.4 is 5.32 Å². The molecule has 0 aromatic heterocycles. The summed E-state index contributed by atoms with van der Waals surface area (Å²) in [4.78, 5) is 12.4. The molecule has 0 heterocycles. The van der Waals surface area contributed by atoms with Crippen molar-refractivity contribution in [2.45, 2.75) is 34.6 Å². The molecule has 1 aromatic carbocycles. The van der Waals surface area contributed by atoms with Crippen LogP contribution in [0.3, 0.4) is 0 Å². The second kappa shape index (κ2) is 6.97. The fraction of sp³-hybridized carbons (Fsp3) is 0.533. The number of hydrogen-bond donors (Lipinski definition) is 1. The first-order valence-corrected chi connectivity index (χ1v) is 9.62. The molecule has 1 amide bonds. The molecule has 0 radical (unpaired) electrons. The molecule has 0 bridgehead atoms. The molecule has 112 valence electrons. The fourth-order valence-corrected chi connectivity index (χ4v) is 3.78. The predicted molar refractivity (Wildman–Crippen MR) is 110 cm³/mol. The second-order valence-corrected chi connectivity index (χ2v) is 10.1. The van der Waals surface area contributed by atoms with E-state index in [9.17, 15) is 4.79 Å². The van der Waals surface area contributed by atoms with Crippen LogP contribution in [0.5, 0.6) is 0 Å². The van der Waals surface area contributed by atoms with Crippen LogP contribution in [-0.2, 0) is 0 Å². The normalized spacial score (nSPS) is 12.4. The third kappa shape index (κ3) is 4.69. The lowest BCUT2D eigenvalue weighted by Gasteiger charge is -2.39. The van der Waals surface area contributed by atoms with Gasteiger partial charge in [-0.05, 0) is 90.7 Å². The van der Waals surface area contributed by atoms with E-state index in [0.29, 0.717) is 6.54 Å². The Labute approximate surface area is 162 Å². The van der Waals surface area contributed by atoms with Gasteiger partial charge < -0.3 is 5.32 Å². The molecule has 0 atom stereocenters. The molecule has 1 aromatic rings. The summed E-state index contributed by atoms with van der Waals surface area (Å²) in [5.41, 5.74) is 0.961. The van der Waals surface area contributed by atoms with Gasteiger partial charge >= 0.3 is 0 Å². The van der Waals surface area contributed by atoms with Gasteiger partial charge in [0, 0.05) is 17.3 Å². The van der Waals surface area contributed by atoms with E-state index in [-0.39, 0.29) is 16.7 Å². The van der Waals surface area contributed by atoms with Gasteiger partial charge in [0.05, 0.1) is 5.56 Å². The first kappa shape index (κ1) is 18.9. The topological polar surface area (TPSA) is 29.1 Å². The maximum atomic E-state index is 12.4. The zero-order chi connectivity index (χ0) is 15.7. The molecule has 1 N–H and O–H groups in total. The Balaban J connectivity index is 2.89. The van der Waals surface area contributed by atoms with E-state index in [2.05, 4.69) is 114 Å². The number of nitrogens with one attached hydrogen (secondary N) is 1. The first-order valence-electron chi connectivity index (χ1n) is 6.38. The minimum absolute atomic E-state index is 0.0168. The van der Waals surface area contributed by atoms with Gasteiger partial charge in [-0.25, -0.2) is 0 Å². The summed E-state index contributed by atoms with van der Waals surface area (Å²) in [6.07, 6.45) is 0. The van der Waals surface area contributed by atoms with Crippen LogP contribution in [0, 0.1) is 21.5 Å². The summed E-state index contributed by atoms with van der Waals surface area (Å²) < 4.78 is 3.23. The summed E-state index contributed by atoms with van der Waals surface area (Å²) in [5.74, 6) is 0.0168. The van der Waals surface area contributed by atoms with E-state index in [4.69, 9.17) is 0 Å². The molecule has 1 rings (SSSR count). The van der Waals surface area contributed by atoms with Crippen LogP contribution in [0.1, 0.15) is 45.0 Å². The van der Waals surface area contributed by atoms with Crippen LogP contribution in [0.15, 0.2) is 12.1 Å². The van der Waals surface area contributed by atoms with Gasteiger partial charge in [-0.3, -0.25) is 4.79 Å². The van der Waals surface area contributed by atoms with E-state index < -0.39 is 0 Å². The van der Waals surface area contributed by atoms with Gasteiger partial charge in [-0.15, -0.1) is 0 Å². The van der Waals surface area contributed by atoms with Crippen molar-refractivity contribution in [1.82, 2.24) is 5.32 Å². The minimum Gasteiger partial charge on any atom is -0.351 e. The maximum absolute atomic E-state index is 12.4. The summed E-state index contributed by atoms with van der Waals surface area (Å²) in [7, 11) is 0. The highest BCUT2D eigenvalue weighted by molar-refractivity contribution is 14.1. The average Bonchev–Trinajstić information content (AvgIpc) is 2.29. The fourth-order valence-electron chi connectivity index (χ4n) is 1.38. The first-order chi connectivity index (χ1) is 8.95. The largest absolute Gasteiger partial charge is 0.351 e. The van der Waals surface area contributed by atoms with Crippen molar-refractivity contribution in [3.05, 3.63) is 28.4 Å². The van der Waals surface area contributed by atoms with E-state index in [1.54, 1.807) is 0 Å². The Kier molecular flexibility index (Phi) is 6.60. The molecule has 0 aliphatic heterocycles. The number of halogens is 3. The van der Waals surface area contributed by atoms with Crippen molar-refractivity contribution in [1.29, 1.82) is 0 Å². The Bertz CT molecular complexity index is 519. The highest BCUT2D eigenvalue weighted by atomic mass is 127. The number of carbonyl (C=O) groups excluding carboxylic acids is 1. The number of rotatable bonds is 3. The van der Waals surface area contributed by atoms with Crippen molar-refractivity contribution in [2.75, 3.05) is 6.54 Å². The zero-order valence-corrected chi connectivity index (χ0v) is 18.9. The molecule has 2 nitrogen and oxygen atoms in total. The lowest BCUT2D eigenvalue weighted by atomic mass is 9.69. The lowest BCUT2D eigenvalue weighted by molar-refractivity contribution is 0.0866. The monoisotopic (exact) mass is 611 g/mol. The maximum Gasteiger partial charge on any atom is 0.252 e. The molecule has 0 unspecified atom stereocenters. The smallest absolute Gasteiger partial charge is 0.252 e. The van der Waals surface area contributed by atoms with Crippen molar-refractivity contribution in [3.8, 4) is 0 Å². The Morgan fingerprint density at radius 1 is 1.10 bits per heavy atom. The van der Waals surface area contributed by atoms with E-state index >= 15 is 0 Å². The molecular weight excluding hydrogens is 591 g/mol. The van der Waals surface area contributed by atoms with Gasteiger partial charge in [0.15, 0.2) is 0 Å². The SMILES string of the molecule is CC(C)(C)C(C)(C)CNC(=O)c1cc(I)cc(I)c1I. The number of hydrogen-bond acceptors (Lipinski definition) is 1. The summed E-state index contributed by atoms with van der Waals surface area (Å²) in [5, 5.41) is 3.09. The standard InChI is InChI=1S/C15H20I3NO/c1-14(2,3)15(4,5)8-19-13(20)10-6-9(16)7-11(17)12(10)18/h6-7H,8H2,1-5H3,(H,19,20). The molecule has 0 aliphatic rings. The molecule has 0 aliphatic carbocycles. The number of amides is 1. The molecule has 0 spiro atoms. The van der Waals surface area contributed by atoms with Crippen LogP contribution in [0.2, 0.25) is 0 Å². The van der Waals surface area contributed by atoms with Gasteiger partial charge in [-0.1, -0.05) is 34.6 Å². The third-order valence-electron chi connectivity index (χ3n) is 3.96. The second-order valence-electron chi connectivity index (χ2n) is 6.57. The minimum atomic E-state index is 0.0168. The number of carbonyl (C=O) groups is 1. The molecular formula is C15H20I3NO. The Morgan fingerprint density at radius 3 is 2.15 bits per heavy atom. The summed E-state index contributed by atoms with van der Waals surface area (Å²) in [6, 6.07) is 4.03. The Morgan fingerprint density at radius 2 is 1.65 bits per heavy atom. The zero-order valence-electron chi connectivity index (χ0n) is 12.4. The molecule has 0 saturated carbocycles. The Hall–Kier alpha value is 0.880. The van der Waals surface area contributed by atoms with Gasteiger partial charge in [-0.2, -0.15) is 0 Å². The molecule has 5 heteroatoms. The number of benzene rings is 1. The quantitative estimate of drug-likeness (QED) is 0.365. The van der Waals surface area contributed by atoms with Crippen molar-refractivity contribution >= 4 is 73.7 Å². The van der Waals surface area contributed by atoms with Crippen molar-refractivity contribution < 1.29 is 4.79 Å². The lowest BCUT2D eigenvalue weighted by Crippen LogP contribution is -2.41. The third-order valence-corrected chi connectivity index (χ3v) is 7.63. The van der Waals surface area contributed by atoms with Gasteiger partial charge in [0.2, 0.25) is 0 Å². The molecule has 0 saturated heterocycles. The highest BCUT2D eigenvalue weighted by Crippen LogP contribution is 2.37. The van der Waals surface area contributed by atoms with Gasteiger partial charge in [0.1, 0.15) is 0 Å². The van der Waals surface area contributed by atoms with Crippen LogP contribution in [0.25, 0.3) is 0 Å². The average molecular weight is 611 g/mol. The summed E-state index contributed by atoms with van der Waals surface area (Å²) in [6.45, 7) is 11.7. The molecule has 0 fully saturated rings. The van der Waals surface area contributed by atoms with E-state index in [1.165, 1.54) is 0 Å². The predicted octanol–water partition coefficient (Wildman–Crippen LogP) is 5.30. The van der Waals surface area contributed by atoms with Crippen LogP contribution >= 0.6 is 67.8 Å². The van der Waals surface area contributed by atoms with E-state index in [1.807, 2.05) is 6.07 Å². The van der Waals surface area contributed by atoms with Crippen LogP contribution in [-0.4, -0.2) is 12.5 Å². The molecule has 20 heavy (non-hydrogen) atoms.